The van der Waals surface area contributed by atoms with Gasteiger partial charge in [0.15, 0.2) is 0 Å². The minimum atomic E-state index is -0.875. The maximum atomic E-state index is 12.3. The van der Waals surface area contributed by atoms with Crippen LogP contribution >= 0.6 is 0 Å². The minimum Gasteiger partial charge on any atom is -0.481 e. The lowest BCUT2D eigenvalue weighted by molar-refractivity contribution is -0.156. The number of hydrogen-bond donors (Lipinski definition) is 2. The number of aliphatic carboxylic acids is 1. The van der Waals surface area contributed by atoms with Gasteiger partial charge in [-0.15, -0.1) is 0 Å². The number of nitrogens with zero attached hydrogens (tertiary/aromatic N) is 2. The fourth-order valence-corrected chi connectivity index (χ4v) is 2.95. The number of H-pyrrole nitrogens is 1. The average Bonchev–Trinajstić information content (AvgIpc) is 3.04. The summed E-state index contributed by atoms with van der Waals surface area (Å²) in [7, 11) is 1.56. The number of carboxylic acid groups (broad SMARTS) is 1. The molecule has 1 saturated heterocycles. The third kappa shape index (κ3) is 3.85. The highest BCUT2D eigenvalue weighted by Gasteiger charge is 2.43. The highest BCUT2D eigenvalue weighted by molar-refractivity contribution is 5.80. The van der Waals surface area contributed by atoms with Gasteiger partial charge in [-0.2, -0.15) is 5.10 Å². The second kappa shape index (κ2) is 7.40. The van der Waals surface area contributed by atoms with Gasteiger partial charge in [-0.1, -0.05) is 0 Å². The van der Waals surface area contributed by atoms with Crippen molar-refractivity contribution in [3.8, 4) is 0 Å². The third-order valence-corrected chi connectivity index (χ3v) is 4.35. The number of aromatic nitrogens is 2. The summed E-state index contributed by atoms with van der Waals surface area (Å²) in [6, 6.07) is 0. The van der Waals surface area contributed by atoms with Crippen molar-refractivity contribution in [3.05, 3.63) is 18.0 Å². The SMILES string of the molecule is COCC[C@]1(C(=O)O)CCCN(C(=O)CCc2cn[nH]c2)C1. The molecule has 1 aromatic heterocycles. The summed E-state index contributed by atoms with van der Waals surface area (Å²) in [4.78, 5) is 25.7. The Morgan fingerprint density at radius 1 is 1.55 bits per heavy atom. The van der Waals surface area contributed by atoms with Crippen molar-refractivity contribution in [2.45, 2.75) is 32.1 Å². The summed E-state index contributed by atoms with van der Waals surface area (Å²) in [5, 5.41) is 16.2. The van der Waals surface area contributed by atoms with Gasteiger partial charge in [0.25, 0.3) is 0 Å². The van der Waals surface area contributed by atoms with Crippen molar-refractivity contribution in [1.29, 1.82) is 0 Å². The Labute approximate surface area is 129 Å². The Balaban J connectivity index is 1.95. The standard InChI is InChI=1S/C15H23N3O4/c1-22-8-6-15(14(20)21)5-2-7-18(11-15)13(19)4-3-12-9-16-17-10-12/h9-10H,2-8,11H2,1H3,(H,16,17)(H,20,21)/t15-/m1/s1. The molecular formula is C15H23N3O4. The van der Waals surface area contributed by atoms with Crippen LogP contribution in [0, 0.1) is 5.41 Å². The van der Waals surface area contributed by atoms with E-state index >= 15 is 0 Å². The Morgan fingerprint density at radius 3 is 3.00 bits per heavy atom. The van der Waals surface area contributed by atoms with Crippen LogP contribution in [0.5, 0.6) is 0 Å². The monoisotopic (exact) mass is 309 g/mol. The molecule has 1 fully saturated rings. The van der Waals surface area contributed by atoms with E-state index in [0.717, 1.165) is 5.56 Å². The lowest BCUT2D eigenvalue weighted by Crippen LogP contribution is -2.50. The van der Waals surface area contributed by atoms with E-state index in [1.54, 1.807) is 24.4 Å². The van der Waals surface area contributed by atoms with Crippen molar-refractivity contribution >= 4 is 11.9 Å². The number of aryl methyl sites for hydroxylation is 1. The molecule has 0 spiro atoms. The molecule has 2 rings (SSSR count). The fraction of sp³-hybridized carbons (Fsp3) is 0.667. The summed E-state index contributed by atoms with van der Waals surface area (Å²) < 4.78 is 5.03. The number of nitrogens with one attached hydrogen (secondary N) is 1. The van der Waals surface area contributed by atoms with Gasteiger partial charge in [0.05, 0.1) is 11.6 Å². The number of aromatic amines is 1. The number of piperidine rings is 1. The molecule has 7 nitrogen and oxygen atoms in total. The van der Waals surface area contributed by atoms with Gasteiger partial charge in [0.1, 0.15) is 0 Å². The number of likely N-dealkylation sites (tertiary alicyclic amines) is 1. The molecular weight excluding hydrogens is 286 g/mol. The molecule has 122 valence electrons. The second-order valence-electron chi connectivity index (χ2n) is 5.85. The quantitative estimate of drug-likeness (QED) is 0.785. The van der Waals surface area contributed by atoms with Crippen molar-refractivity contribution in [3.63, 3.8) is 0 Å². The highest BCUT2D eigenvalue weighted by Crippen LogP contribution is 2.34. The van der Waals surface area contributed by atoms with E-state index in [4.69, 9.17) is 4.74 Å². The molecule has 2 heterocycles. The van der Waals surface area contributed by atoms with E-state index < -0.39 is 11.4 Å². The maximum Gasteiger partial charge on any atom is 0.311 e. The van der Waals surface area contributed by atoms with Crippen LogP contribution in [0.15, 0.2) is 12.4 Å². The van der Waals surface area contributed by atoms with E-state index in [-0.39, 0.29) is 12.5 Å². The van der Waals surface area contributed by atoms with Gasteiger partial charge in [-0.3, -0.25) is 14.7 Å². The van der Waals surface area contributed by atoms with E-state index in [1.807, 2.05) is 0 Å². The largest absolute Gasteiger partial charge is 0.481 e. The van der Waals surface area contributed by atoms with Crippen molar-refractivity contribution in [1.82, 2.24) is 15.1 Å². The van der Waals surface area contributed by atoms with E-state index in [1.165, 1.54) is 0 Å². The zero-order valence-electron chi connectivity index (χ0n) is 12.9. The molecule has 0 radical (unpaired) electrons. The van der Waals surface area contributed by atoms with Gasteiger partial charge >= 0.3 is 5.97 Å². The summed E-state index contributed by atoms with van der Waals surface area (Å²) >= 11 is 0. The normalized spacial score (nSPS) is 21.8. The minimum absolute atomic E-state index is 0.00365. The molecule has 0 saturated carbocycles. The van der Waals surface area contributed by atoms with Gasteiger partial charge in [0.2, 0.25) is 5.91 Å². The van der Waals surface area contributed by atoms with Crippen LogP contribution in [0.3, 0.4) is 0 Å². The average molecular weight is 309 g/mol. The predicted molar refractivity (Wildman–Crippen MR) is 79.3 cm³/mol. The van der Waals surface area contributed by atoms with Gasteiger partial charge in [0, 0.05) is 39.4 Å². The first-order valence-corrected chi connectivity index (χ1v) is 7.55. The van der Waals surface area contributed by atoms with Crippen molar-refractivity contribution in [2.75, 3.05) is 26.8 Å². The molecule has 22 heavy (non-hydrogen) atoms. The molecule has 2 N–H and O–H groups in total. The molecule has 1 aliphatic rings. The topological polar surface area (TPSA) is 95.5 Å². The summed E-state index contributed by atoms with van der Waals surface area (Å²) in [5.41, 5.74) is 0.105. The number of ether oxygens (including phenoxy) is 1. The van der Waals surface area contributed by atoms with Crippen LogP contribution < -0.4 is 0 Å². The lowest BCUT2D eigenvalue weighted by atomic mass is 9.77. The van der Waals surface area contributed by atoms with Gasteiger partial charge < -0.3 is 14.7 Å². The number of methoxy groups -OCH3 is 1. The number of rotatable bonds is 7. The van der Waals surface area contributed by atoms with Crippen LogP contribution in [0.4, 0.5) is 0 Å². The number of carbonyl (C=O) groups excluding carboxylic acids is 1. The van der Waals surface area contributed by atoms with Crippen LogP contribution in [0.1, 0.15) is 31.2 Å². The smallest absolute Gasteiger partial charge is 0.311 e. The molecule has 1 amide bonds. The molecule has 7 heteroatoms. The maximum absolute atomic E-state index is 12.3. The number of carbonyl (C=O) groups is 2. The van der Waals surface area contributed by atoms with Crippen molar-refractivity contribution in [2.24, 2.45) is 5.41 Å². The first-order valence-electron chi connectivity index (χ1n) is 7.55. The zero-order chi connectivity index (χ0) is 16.0. The van der Waals surface area contributed by atoms with Crippen LogP contribution in [-0.4, -0.2) is 58.9 Å². The molecule has 0 unspecified atom stereocenters. The second-order valence-corrected chi connectivity index (χ2v) is 5.85. The first kappa shape index (κ1) is 16.5. The van der Waals surface area contributed by atoms with E-state index in [0.29, 0.717) is 45.3 Å². The molecule has 0 aliphatic carbocycles. The van der Waals surface area contributed by atoms with Crippen LogP contribution in [-0.2, 0) is 20.7 Å². The van der Waals surface area contributed by atoms with Gasteiger partial charge in [-0.25, -0.2) is 0 Å². The summed E-state index contributed by atoms with van der Waals surface area (Å²) in [6.07, 6.45) is 6.20. The fourth-order valence-electron chi connectivity index (χ4n) is 2.95. The Morgan fingerprint density at radius 2 is 2.36 bits per heavy atom. The first-order chi connectivity index (χ1) is 10.6. The molecule has 0 aromatic carbocycles. The number of amides is 1. The number of hydrogen-bond acceptors (Lipinski definition) is 4. The Kier molecular flexibility index (Phi) is 5.54. The van der Waals surface area contributed by atoms with E-state index in [9.17, 15) is 14.7 Å². The summed E-state index contributed by atoms with van der Waals surface area (Å²) in [5.74, 6) is -0.833. The number of carboxylic acids is 1. The van der Waals surface area contributed by atoms with Crippen LogP contribution in [0.25, 0.3) is 0 Å². The van der Waals surface area contributed by atoms with Crippen molar-refractivity contribution < 1.29 is 19.4 Å². The molecule has 1 atom stereocenters. The third-order valence-electron chi connectivity index (χ3n) is 4.35. The predicted octanol–water partition coefficient (Wildman–Crippen LogP) is 1.07. The van der Waals surface area contributed by atoms with Gasteiger partial charge in [-0.05, 0) is 31.2 Å². The van der Waals surface area contributed by atoms with E-state index in [2.05, 4.69) is 10.2 Å². The Hall–Kier alpha value is -1.89. The van der Waals surface area contributed by atoms with Crippen LogP contribution in [0.2, 0.25) is 0 Å². The highest BCUT2D eigenvalue weighted by atomic mass is 16.5. The lowest BCUT2D eigenvalue weighted by Gasteiger charge is -2.40. The Bertz CT molecular complexity index is 503. The zero-order valence-corrected chi connectivity index (χ0v) is 12.9. The summed E-state index contributed by atoms with van der Waals surface area (Å²) in [6.45, 7) is 1.30. The molecule has 1 aromatic rings. The molecule has 1 aliphatic heterocycles. The molecule has 0 bridgehead atoms.